The first kappa shape index (κ1) is 18.6. The number of amides is 2. The molecular formula is C17H24BrN3O3. The molecule has 24 heavy (non-hydrogen) atoms. The lowest BCUT2D eigenvalue weighted by molar-refractivity contribution is -0.136. The molecular weight excluding hydrogens is 374 g/mol. The summed E-state index contributed by atoms with van der Waals surface area (Å²) in [6.07, 6.45) is 1.87. The highest BCUT2D eigenvalue weighted by Gasteiger charge is 2.23. The normalized spacial score (nSPS) is 17.5. The van der Waals surface area contributed by atoms with E-state index >= 15 is 0 Å². The predicted molar refractivity (Wildman–Crippen MR) is 97.6 cm³/mol. The zero-order chi connectivity index (χ0) is 17.7. The van der Waals surface area contributed by atoms with Crippen LogP contribution in [0.2, 0.25) is 0 Å². The molecule has 1 aromatic rings. The fraction of sp³-hybridized carbons (Fsp3) is 0.529. The molecule has 0 spiro atoms. The fourth-order valence-electron chi connectivity index (χ4n) is 3.22. The van der Waals surface area contributed by atoms with E-state index in [2.05, 4.69) is 57.4 Å². The Labute approximate surface area is 150 Å². The number of carboxylic acids is 1. The van der Waals surface area contributed by atoms with Gasteiger partial charge in [0.15, 0.2) is 0 Å². The van der Waals surface area contributed by atoms with Crippen molar-refractivity contribution in [1.29, 1.82) is 0 Å². The van der Waals surface area contributed by atoms with E-state index in [0.717, 1.165) is 30.4 Å². The number of aryl methyl sites for hydroxylation is 2. The molecule has 6 nitrogen and oxygen atoms in total. The highest BCUT2D eigenvalue weighted by atomic mass is 79.9. The summed E-state index contributed by atoms with van der Waals surface area (Å²) in [6, 6.07) is 3.98. The number of piperidine rings is 1. The second-order valence-corrected chi connectivity index (χ2v) is 7.13. The maximum atomic E-state index is 11.9. The van der Waals surface area contributed by atoms with E-state index in [1.807, 2.05) is 0 Å². The Morgan fingerprint density at radius 2 is 2.00 bits per heavy atom. The highest BCUT2D eigenvalue weighted by molar-refractivity contribution is 9.10. The van der Waals surface area contributed by atoms with Crippen LogP contribution in [0.15, 0.2) is 16.6 Å². The van der Waals surface area contributed by atoms with Crippen LogP contribution in [0.25, 0.3) is 0 Å². The maximum Gasteiger partial charge on any atom is 0.315 e. The number of halogens is 1. The van der Waals surface area contributed by atoms with Crippen LogP contribution in [0.3, 0.4) is 0 Å². The van der Waals surface area contributed by atoms with Crippen molar-refractivity contribution in [2.24, 2.45) is 0 Å². The van der Waals surface area contributed by atoms with Gasteiger partial charge in [-0.15, -0.1) is 0 Å². The van der Waals surface area contributed by atoms with E-state index in [4.69, 9.17) is 5.11 Å². The zero-order valence-corrected chi connectivity index (χ0v) is 15.6. The van der Waals surface area contributed by atoms with Gasteiger partial charge in [0.2, 0.25) is 0 Å². The summed E-state index contributed by atoms with van der Waals surface area (Å²) < 4.78 is 1.07. The number of carbonyl (C=O) groups excluding carboxylic acids is 1. The van der Waals surface area contributed by atoms with Crippen molar-refractivity contribution in [3.05, 3.63) is 27.7 Å². The number of hydrogen-bond acceptors (Lipinski definition) is 3. The second kappa shape index (κ2) is 8.37. The number of aliphatic carboxylic acids is 1. The Hall–Kier alpha value is -1.76. The molecule has 1 aliphatic heterocycles. The van der Waals surface area contributed by atoms with E-state index in [0.29, 0.717) is 0 Å². The van der Waals surface area contributed by atoms with Gasteiger partial charge in [0.05, 0.1) is 6.42 Å². The first-order valence-corrected chi connectivity index (χ1v) is 8.94. The van der Waals surface area contributed by atoms with Crippen LogP contribution in [-0.2, 0) is 4.79 Å². The lowest BCUT2D eigenvalue weighted by Gasteiger charge is -2.36. The molecule has 2 amide bonds. The standard InChI is InChI=1S/C17H24BrN3O3/c1-11-8-13(18)9-12(2)16(11)21-7-3-4-14(10-21)20-17(24)19-6-5-15(22)23/h8-9,14H,3-7,10H2,1-2H3,(H,22,23)(H2,19,20,24). The Balaban J connectivity index is 1.95. The van der Waals surface area contributed by atoms with Crippen molar-refractivity contribution < 1.29 is 14.7 Å². The summed E-state index contributed by atoms with van der Waals surface area (Å²) in [6.45, 7) is 6.08. The van der Waals surface area contributed by atoms with Crippen molar-refractivity contribution in [2.45, 2.75) is 39.2 Å². The van der Waals surface area contributed by atoms with Crippen LogP contribution in [0.4, 0.5) is 10.5 Å². The number of rotatable bonds is 5. The smallest absolute Gasteiger partial charge is 0.315 e. The Morgan fingerprint density at radius 3 is 2.62 bits per heavy atom. The minimum atomic E-state index is -0.916. The molecule has 0 bridgehead atoms. The molecule has 2 rings (SSSR count). The van der Waals surface area contributed by atoms with E-state index < -0.39 is 5.97 Å². The second-order valence-electron chi connectivity index (χ2n) is 6.22. The lowest BCUT2D eigenvalue weighted by Crippen LogP contribution is -2.51. The number of urea groups is 1. The van der Waals surface area contributed by atoms with E-state index in [-0.39, 0.29) is 25.0 Å². The lowest BCUT2D eigenvalue weighted by atomic mass is 10.0. The SMILES string of the molecule is Cc1cc(Br)cc(C)c1N1CCCC(NC(=O)NCCC(=O)O)C1. The number of hydrogen-bond donors (Lipinski definition) is 3. The maximum absolute atomic E-state index is 11.9. The van der Waals surface area contributed by atoms with E-state index in [1.54, 1.807) is 0 Å². The van der Waals surface area contributed by atoms with Crippen molar-refractivity contribution in [2.75, 3.05) is 24.5 Å². The van der Waals surface area contributed by atoms with Gasteiger partial charge in [0, 0.05) is 35.8 Å². The van der Waals surface area contributed by atoms with Gasteiger partial charge < -0.3 is 20.6 Å². The van der Waals surface area contributed by atoms with Gasteiger partial charge >= 0.3 is 12.0 Å². The van der Waals surface area contributed by atoms with Crippen LogP contribution in [-0.4, -0.2) is 42.8 Å². The highest BCUT2D eigenvalue weighted by Crippen LogP contribution is 2.30. The third-order valence-corrected chi connectivity index (χ3v) is 4.61. The summed E-state index contributed by atoms with van der Waals surface area (Å²) in [7, 11) is 0. The molecule has 0 aliphatic carbocycles. The van der Waals surface area contributed by atoms with Gasteiger partial charge in [-0.25, -0.2) is 4.79 Å². The molecule has 132 valence electrons. The molecule has 1 unspecified atom stereocenters. The van der Waals surface area contributed by atoms with Crippen molar-refractivity contribution in [3.8, 4) is 0 Å². The monoisotopic (exact) mass is 397 g/mol. The van der Waals surface area contributed by atoms with Gasteiger partial charge in [-0.05, 0) is 49.9 Å². The first-order valence-electron chi connectivity index (χ1n) is 8.14. The zero-order valence-electron chi connectivity index (χ0n) is 14.1. The first-order chi connectivity index (χ1) is 11.4. The molecule has 7 heteroatoms. The fourth-order valence-corrected chi connectivity index (χ4v) is 3.91. The summed E-state index contributed by atoms with van der Waals surface area (Å²) in [4.78, 5) is 24.7. The molecule has 0 saturated carbocycles. The minimum absolute atomic E-state index is 0.0611. The molecule has 0 radical (unpaired) electrons. The number of carbonyl (C=O) groups is 2. The number of anilines is 1. The summed E-state index contributed by atoms with van der Waals surface area (Å²) in [5.74, 6) is -0.916. The van der Waals surface area contributed by atoms with Crippen molar-refractivity contribution in [3.63, 3.8) is 0 Å². The average molecular weight is 398 g/mol. The number of carboxylic acid groups (broad SMARTS) is 1. The molecule has 0 aromatic heterocycles. The molecule has 1 fully saturated rings. The molecule has 3 N–H and O–H groups in total. The molecule has 1 aromatic carbocycles. The number of benzene rings is 1. The van der Waals surface area contributed by atoms with Crippen LogP contribution in [0.1, 0.15) is 30.4 Å². The van der Waals surface area contributed by atoms with Crippen LogP contribution >= 0.6 is 15.9 Å². The third kappa shape index (κ3) is 5.12. The third-order valence-electron chi connectivity index (χ3n) is 4.15. The summed E-state index contributed by atoms with van der Waals surface area (Å²) in [5.41, 5.74) is 3.66. The van der Waals surface area contributed by atoms with Crippen molar-refractivity contribution >= 4 is 33.6 Å². The van der Waals surface area contributed by atoms with Crippen LogP contribution in [0.5, 0.6) is 0 Å². The quantitative estimate of drug-likeness (QED) is 0.713. The molecule has 1 aliphatic rings. The number of nitrogens with zero attached hydrogens (tertiary/aromatic N) is 1. The van der Waals surface area contributed by atoms with Crippen molar-refractivity contribution in [1.82, 2.24) is 10.6 Å². The molecule has 1 saturated heterocycles. The van der Waals surface area contributed by atoms with Gasteiger partial charge in [0.25, 0.3) is 0 Å². The average Bonchev–Trinajstić information content (AvgIpc) is 2.46. The van der Waals surface area contributed by atoms with Gasteiger partial charge in [-0.2, -0.15) is 0 Å². The van der Waals surface area contributed by atoms with Gasteiger partial charge in [-0.3, -0.25) is 4.79 Å². The van der Waals surface area contributed by atoms with E-state index in [1.165, 1.54) is 16.8 Å². The van der Waals surface area contributed by atoms with Gasteiger partial charge in [-0.1, -0.05) is 15.9 Å². The Morgan fingerprint density at radius 1 is 1.33 bits per heavy atom. The minimum Gasteiger partial charge on any atom is -0.481 e. The Kier molecular flexibility index (Phi) is 6.48. The number of nitrogens with one attached hydrogen (secondary N) is 2. The molecule has 1 heterocycles. The molecule has 1 atom stereocenters. The topological polar surface area (TPSA) is 81.7 Å². The largest absolute Gasteiger partial charge is 0.481 e. The van der Waals surface area contributed by atoms with Gasteiger partial charge in [0.1, 0.15) is 0 Å². The predicted octanol–water partition coefficient (Wildman–Crippen LogP) is 2.81. The van der Waals surface area contributed by atoms with E-state index in [9.17, 15) is 9.59 Å². The van der Waals surface area contributed by atoms with Crippen LogP contribution in [0, 0.1) is 13.8 Å². The Bertz CT molecular complexity index is 598. The van der Waals surface area contributed by atoms with Crippen LogP contribution < -0.4 is 15.5 Å². The summed E-state index contributed by atoms with van der Waals surface area (Å²) in [5, 5.41) is 14.1. The summed E-state index contributed by atoms with van der Waals surface area (Å²) >= 11 is 3.52.